The zero-order chi connectivity index (χ0) is 9.30. The number of hydrogen-bond donors (Lipinski definition) is 2. The quantitative estimate of drug-likeness (QED) is 0.623. The van der Waals surface area contributed by atoms with Crippen LogP contribution in [0.3, 0.4) is 0 Å². The molecule has 0 heterocycles. The van der Waals surface area contributed by atoms with E-state index < -0.39 is 23.7 Å². The predicted molar refractivity (Wildman–Crippen MR) is 42.2 cm³/mol. The first-order valence-electron chi connectivity index (χ1n) is 4.04. The Morgan fingerprint density at radius 1 is 1.33 bits per heavy atom. The highest BCUT2D eigenvalue weighted by Gasteiger charge is 2.39. The number of amides is 1. The van der Waals surface area contributed by atoms with E-state index in [2.05, 4.69) is 0 Å². The number of carbonyl (C=O) groups is 2. The van der Waals surface area contributed by atoms with Crippen molar-refractivity contribution < 1.29 is 14.7 Å². The molecule has 0 spiro atoms. The first-order valence-corrected chi connectivity index (χ1v) is 4.04. The molecule has 1 aliphatic carbocycles. The van der Waals surface area contributed by atoms with Crippen molar-refractivity contribution in [3.8, 4) is 0 Å². The molecule has 4 heteroatoms. The Hall–Kier alpha value is -1.06. The molecule has 0 saturated heterocycles. The number of hydrogen-bond acceptors (Lipinski definition) is 2. The van der Waals surface area contributed by atoms with E-state index in [-0.39, 0.29) is 0 Å². The second kappa shape index (κ2) is 3.13. The lowest BCUT2D eigenvalue weighted by Gasteiger charge is -2.10. The molecule has 12 heavy (non-hydrogen) atoms. The summed E-state index contributed by atoms with van der Waals surface area (Å²) in [7, 11) is 0. The Labute approximate surface area is 70.7 Å². The highest BCUT2D eigenvalue weighted by atomic mass is 16.4. The largest absolute Gasteiger partial charge is 0.481 e. The van der Waals surface area contributed by atoms with Gasteiger partial charge in [-0.15, -0.1) is 0 Å². The van der Waals surface area contributed by atoms with Crippen molar-refractivity contribution in [1.82, 2.24) is 0 Å². The molecule has 3 atom stereocenters. The lowest BCUT2D eigenvalue weighted by Crippen LogP contribution is -2.30. The minimum atomic E-state index is -0.900. The second-order valence-corrected chi connectivity index (χ2v) is 3.53. The normalized spacial score (nSPS) is 34.9. The second-order valence-electron chi connectivity index (χ2n) is 3.53. The summed E-state index contributed by atoms with van der Waals surface area (Å²) >= 11 is 0. The van der Waals surface area contributed by atoms with Gasteiger partial charge < -0.3 is 10.8 Å². The van der Waals surface area contributed by atoms with Crippen molar-refractivity contribution in [3.05, 3.63) is 0 Å². The summed E-state index contributed by atoms with van der Waals surface area (Å²) in [5, 5.41) is 8.74. The van der Waals surface area contributed by atoms with Crippen LogP contribution in [0.15, 0.2) is 0 Å². The average Bonchev–Trinajstić information content (AvgIpc) is 2.31. The molecule has 1 fully saturated rings. The van der Waals surface area contributed by atoms with Crippen molar-refractivity contribution in [2.75, 3.05) is 0 Å². The van der Waals surface area contributed by atoms with E-state index in [1.54, 1.807) is 0 Å². The Morgan fingerprint density at radius 2 is 1.83 bits per heavy atom. The van der Waals surface area contributed by atoms with Gasteiger partial charge in [-0.3, -0.25) is 9.59 Å². The third-order valence-electron chi connectivity index (χ3n) is 2.48. The molecule has 1 unspecified atom stereocenters. The molecule has 0 aliphatic heterocycles. The van der Waals surface area contributed by atoms with Crippen molar-refractivity contribution in [2.24, 2.45) is 23.5 Å². The lowest BCUT2D eigenvalue weighted by atomic mass is 9.96. The summed E-state index contributed by atoms with van der Waals surface area (Å²) < 4.78 is 0. The van der Waals surface area contributed by atoms with E-state index in [4.69, 9.17) is 10.8 Å². The molecule has 1 rings (SSSR count). The highest BCUT2D eigenvalue weighted by Crippen LogP contribution is 2.35. The summed E-state index contributed by atoms with van der Waals surface area (Å²) in [6.45, 7) is 1.94. The van der Waals surface area contributed by atoms with Gasteiger partial charge in [0, 0.05) is 0 Å². The topological polar surface area (TPSA) is 80.4 Å². The van der Waals surface area contributed by atoms with Crippen LogP contribution in [-0.2, 0) is 9.59 Å². The van der Waals surface area contributed by atoms with Crippen LogP contribution in [-0.4, -0.2) is 17.0 Å². The number of carbonyl (C=O) groups excluding carboxylic acids is 1. The van der Waals surface area contributed by atoms with Gasteiger partial charge in [-0.1, -0.05) is 6.92 Å². The molecular formula is C8H13NO3. The average molecular weight is 171 g/mol. The number of carboxylic acid groups (broad SMARTS) is 1. The fraction of sp³-hybridized carbons (Fsp3) is 0.750. The Kier molecular flexibility index (Phi) is 2.35. The van der Waals surface area contributed by atoms with Gasteiger partial charge in [-0.25, -0.2) is 0 Å². The maximum Gasteiger partial charge on any atom is 0.307 e. The number of aliphatic carboxylic acids is 1. The van der Waals surface area contributed by atoms with Crippen LogP contribution in [0, 0.1) is 17.8 Å². The van der Waals surface area contributed by atoms with Crippen LogP contribution in [0.5, 0.6) is 0 Å². The zero-order valence-corrected chi connectivity index (χ0v) is 6.99. The first kappa shape index (κ1) is 9.03. The lowest BCUT2D eigenvalue weighted by molar-refractivity contribution is -0.145. The molecule has 1 amide bonds. The van der Waals surface area contributed by atoms with Gasteiger partial charge >= 0.3 is 5.97 Å². The number of rotatable bonds is 2. The van der Waals surface area contributed by atoms with Crippen molar-refractivity contribution in [2.45, 2.75) is 19.8 Å². The van der Waals surface area contributed by atoms with Gasteiger partial charge in [0.1, 0.15) is 0 Å². The molecule has 1 aliphatic rings. The minimum absolute atomic E-state index is 0.295. The molecule has 0 aromatic carbocycles. The predicted octanol–water partition coefficient (Wildman–Crippen LogP) is 0.219. The number of nitrogens with two attached hydrogens (primary N) is 1. The van der Waals surface area contributed by atoms with Gasteiger partial charge in [0.05, 0.1) is 11.8 Å². The fourth-order valence-corrected chi connectivity index (χ4v) is 1.88. The summed E-state index contributed by atoms with van der Waals surface area (Å²) in [5.74, 6) is -2.10. The van der Waals surface area contributed by atoms with E-state index in [1.165, 1.54) is 0 Å². The molecule has 0 radical (unpaired) electrons. The molecule has 0 aromatic heterocycles. The Bertz CT molecular complexity index is 192. The third-order valence-corrected chi connectivity index (χ3v) is 2.48. The van der Waals surface area contributed by atoms with Crippen LogP contribution in [0.1, 0.15) is 19.8 Å². The van der Waals surface area contributed by atoms with Gasteiger partial charge in [0.25, 0.3) is 0 Å². The third kappa shape index (κ3) is 1.57. The minimum Gasteiger partial charge on any atom is -0.481 e. The zero-order valence-electron chi connectivity index (χ0n) is 6.99. The van der Waals surface area contributed by atoms with E-state index in [1.807, 2.05) is 6.92 Å². The monoisotopic (exact) mass is 171 g/mol. The maximum atomic E-state index is 10.8. The van der Waals surface area contributed by atoms with E-state index >= 15 is 0 Å². The van der Waals surface area contributed by atoms with Crippen molar-refractivity contribution in [1.29, 1.82) is 0 Å². The fourth-order valence-electron chi connectivity index (χ4n) is 1.88. The molecule has 1 saturated carbocycles. The molecule has 3 N–H and O–H groups in total. The van der Waals surface area contributed by atoms with E-state index in [0.717, 1.165) is 0 Å². The summed E-state index contributed by atoms with van der Waals surface area (Å²) in [5.41, 5.74) is 5.09. The smallest absolute Gasteiger partial charge is 0.307 e. The van der Waals surface area contributed by atoms with Crippen LogP contribution < -0.4 is 5.73 Å². The Balaban J connectivity index is 2.72. The molecule has 68 valence electrons. The van der Waals surface area contributed by atoms with Crippen LogP contribution >= 0.6 is 0 Å². The van der Waals surface area contributed by atoms with Gasteiger partial charge in [0.15, 0.2) is 0 Å². The number of primary amides is 1. The molecule has 4 nitrogen and oxygen atoms in total. The SMILES string of the molecule is CC1C[C@H](C(N)=O)[C@H](C(=O)O)C1. The summed E-state index contributed by atoms with van der Waals surface area (Å²) in [6, 6.07) is 0. The van der Waals surface area contributed by atoms with Crippen LogP contribution in [0.2, 0.25) is 0 Å². The Morgan fingerprint density at radius 3 is 2.17 bits per heavy atom. The van der Waals surface area contributed by atoms with Gasteiger partial charge in [-0.2, -0.15) is 0 Å². The summed E-state index contributed by atoms with van der Waals surface area (Å²) in [4.78, 5) is 21.5. The standard InChI is InChI=1S/C8H13NO3/c1-4-2-5(7(9)10)6(3-4)8(11)12/h4-6H,2-3H2,1H3,(H2,9,10)(H,11,12)/t4?,5-,6+/m0/s1. The van der Waals surface area contributed by atoms with E-state index in [9.17, 15) is 9.59 Å². The molecular weight excluding hydrogens is 158 g/mol. The summed E-state index contributed by atoms with van der Waals surface area (Å²) in [6.07, 6.45) is 1.19. The molecule has 0 aromatic rings. The highest BCUT2D eigenvalue weighted by molar-refractivity contribution is 5.84. The van der Waals surface area contributed by atoms with Gasteiger partial charge in [0.2, 0.25) is 5.91 Å². The van der Waals surface area contributed by atoms with Crippen molar-refractivity contribution in [3.63, 3.8) is 0 Å². The van der Waals surface area contributed by atoms with E-state index in [0.29, 0.717) is 18.8 Å². The number of carboxylic acids is 1. The first-order chi connectivity index (χ1) is 5.52. The maximum absolute atomic E-state index is 10.8. The molecule has 0 bridgehead atoms. The van der Waals surface area contributed by atoms with Crippen LogP contribution in [0.25, 0.3) is 0 Å². The van der Waals surface area contributed by atoms with Crippen molar-refractivity contribution >= 4 is 11.9 Å². The van der Waals surface area contributed by atoms with Gasteiger partial charge in [-0.05, 0) is 18.8 Å². The van der Waals surface area contributed by atoms with Crippen LogP contribution in [0.4, 0.5) is 0 Å².